The Bertz CT molecular complexity index is 1080. The van der Waals surface area contributed by atoms with Crippen molar-refractivity contribution < 1.29 is 13.2 Å². The summed E-state index contributed by atoms with van der Waals surface area (Å²) in [6.07, 6.45) is 1.76. The molecule has 1 aromatic heterocycles. The van der Waals surface area contributed by atoms with E-state index in [9.17, 15) is 13.2 Å². The van der Waals surface area contributed by atoms with E-state index < -0.39 is 10.0 Å². The lowest BCUT2D eigenvalue weighted by Gasteiger charge is -2.23. The van der Waals surface area contributed by atoms with Gasteiger partial charge in [-0.05, 0) is 50.2 Å². The minimum absolute atomic E-state index is 0.0699. The molecular formula is C19H19N3O3S2. The predicted octanol–water partition coefficient (Wildman–Crippen LogP) is 3.18. The molecule has 2 heterocycles. The number of hydrogen-bond donors (Lipinski definition) is 1. The fourth-order valence-electron chi connectivity index (χ4n) is 3.38. The van der Waals surface area contributed by atoms with Crippen LogP contribution in [0.4, 0.5) is 0 Å². The maximum absolute atomic E-state index is 13.1. The maximum atomic E-state index is 13.1. The van der Waals surface area contributed by atoms with Gasteiger partial charge in [-0.15, -0.1) is 11.3 Å². The van der Waals surface area contributed by atoms with Crippen LogP contribution >= 0.6 is 11.3 Å². The zero-order valence-corrected chi connectivity index (χ0v) is 16.4. The number of carbonyl (C=O) groups is 1. The third kappa shape index (κ3) is 3.36. The van der Waals surface area contributed by atoms with Gasteiger partial charge < -0.3 is 4.90 Å². The van der Waals surface area contributed by atoms with Crippen molar-refractivity contribution >= 4 is 37.5 Å². The summed E-state index contributed by atoms with van der Waals surface area (Å²) in [7, 11) is -2.24. The molecule has 6 nitrogen and oxygen atoms in total. The first-order valence-electron chi connectivity index (χ1n) is 8.69. The first-order chi connectivity index (χ1) is 13.0. The van der Waals surface area contributed by atoms with Gasteiger partial charge in [0, 0.05) is 12.1 Å². The van der Waals surface area contributed by atoms with Crippen LogP contribution in [-0.2, 0) is 10.0 Å². The Kier molecular flexibility index (Phi) is 4.71. The van der Waals surface area contributed by atoms with Gasteiger partial charge in [0.25, 0.3) is 5.91 Å². The third-order valence-corrected chi connectivity index (χ3v) is 7.32. The van der Waals surface area contributed by atoms with Crippen LogP contribution in [0.25, 0.3) is 10.2 Å². The fourth-order valence-corrected chi connectivity index (χ4v) is 5.27. The first kappa shape index (κ1) is 18.1. The molecule has 1 fully saturated rings. The summed E-state index contributed by atoms with van der Waals surface area (Å²) >= 11 is 1.61. The summed E-state index contributed by atoms with van der Waals surface area (Å²) in [6.45, 7) is 0.641. The van der Waals surface area contributed by atoms with Gasteiger partial charge in [0.05, 0.1) is 21.2 Å². The van der Waals surface area contributed by atoms with Crippen LogP contribution in [0.15, 0.2) is 53.4 Å². The maximum Gasteiger partial charge on any atom is 0.254 e. The number of hydrogen-bond acceptors (Lipinski definition) is 5. The minimum Gasteiger partial charge on any atom is -0.329 e. The number of benzene rings is 2. The van der Waals surface area contributed by atoms with Crippen molar-refractivity contribution in [1.82, 2.24) is 14.6 Å². The van der Waals surface area contributed by atoms with Crippen LogP contribution in [0, 0.1) is 0 Å². The largest absolute Gasteiger partial charge is 0.329 e. The molecule has 0 bridgehead atoms. The van der Waals surface area contributed by atoms with E-state index in [-0.39, 0.29) is 16.8 Å². The summed E-state index contributed by atoms with van der Waals surface area (Å²) in [6, 6.07) is 14.0. The number of likely N-dealkylation sites (tertiary alicyclic amines) is 1. The molecule has 1 saturated heterocycles. The van der Waals surface area contributed by atoms with Crippen LogP contribution in [0.1, 0.15) is 34.2 Å². The van der Waals surface area contributed by atoms with Crippen LogP contribution in [0.3, 0.4) is 0 Å². The van der Waals surface area contributed by atoms with Crippen molar-refractivity contribution in [2.45, 2.75) is 23.8 Å². The second-order valence-corrected chi connectivity index (χ2v) is 9.36. The lowest BCUT2D eigenvalue weighted by atomic mass is 10.1. The van der Waals surface area contributed by atoms with Gasteiger partial charge in [0.1, 0.15) is 5.01 Å². The highest BCUT2D eigenvalue weighted by atomic mass is 32.2. The van der Waals surface area contributed by atoms with Gasteiger partial charge in [-0.1, -0.05) is 18.2 Å². The molecule has 140 valence electrons. The SMILES string of the molecule is CNS(=O)(=O)c1cccc(C(=O)N2CCCC2c2nc3ccccc3s2)c1. The topological polar surface area (TPSA) is 79.4 Å². The molecule has 0 aliphatic carbocycles. The van der Waals surface area contributed by atoms with E-state index in [4.69, 9.17) is 4.98 Å². The van der Waals surface area contributed by atoms with E-state index in [1.807, 2.05) is 29.2 Å². The molecule has 2 aromatic carbocycles. The Morgan fingerprint density at radius 2 is 2.04 bits per heavy atom. The molecule has 1 amide bonds. The second kappa shape index (κ2) is 7.03. The van der Waals surface area contributed by atoms with E-state index in [1.54, 1.807) is 23.5 Å². The quantitative estimate of drug-likeness (QED) is 0.728. The molecule has 1 unspecified atom stereocenters. The molecule has 0 spiro atoms. The van der Waals surface area contributed by atoms with Gasteiger partial charge in [0.15, 0.2) is 0 Å². The van der Waals surface area contributed by atoms with Crippen LogP contribution in [-0.4, -0.2) is 37.8 Å². The Labute approximate surface area is 161 Å². The number of carbonyl (C=O) groups excluding carboxylic acids is 1. The van der Waals surface area contributed by atoms with Crippen LogP contribution in [0.2, 0.25) is 0 Å². The Hall–Kier alpha value is -2.29. The van der Waals surface area contributed by atoms with E-state index >= 15 is 0 Å². The van der Waals surface area contributed by atoms with Gasteiger partial charge in [-0.3, -0.25) is 4.79 Å². The number of sulfonamides is 1. The van der Waals surface area contributed by atoms with Crippen LogP contribution < -0.4 is 4.72 Å². The number of para-hydroxylation sites is 1. The molecule has 1 aliphatic rings. The Morgan fingerprint density at radius 3 is 2.81 bits per heavy atom. The zero-order valence-electron chi connectivity index (χ0n) is 14.8. The molecule has 1 aliphatic heterocycles. The number of rotatable bonds is 4. The highest BCUT2D eigenvalue weighted by Crippen LogP contribution is 2.37. The van der Waals surface area contributed by atoms with Gasteiger partial charge in [-0.2, -0.15) is 0 Å². The molecule has 0 saturated carbocycles. The van der Waals surface area contributed by atoms with Crippen molar-refractivity contribution in [2.75, 3.05) is 13.6 Å². The average molecular weight is 402 g/mol. The van der Waals surface area contributed by atoms with E-state index in [0.717, 1.165) is 28.1 Å². The van der Waals surface area contributed by atoms with Crippen molar-refractivity contribution in [3.05, 3.63) is 59.1 Å². The Balaban J connectivity index is 1.66. The molecule has 0 radical (unpaired) electrons. The average Bonchev–Trinajstić information content (AvgIpc) is 3.34. The minimum atomic E-state index is -3.59. The zero-order chi connectivity index (χ0) is 19.0. The van der Waals surface area contributed by atoms with E-state index in [2.05, 4.69) is 4.72 Å². The third-order valence-electron chi connectivity index (χ3n) is 4.77. The predicted molar refractivity (Wildman–Crippen MR) is 105 cm³/mol. The van der Waals surface area contributed by atoms with E-state index in [1.165, 1.54) is 19.2 Å². The number of nitrogens with one attached hydrogen (secondary N) is 1. The van der Waals surface area contributed by atoms with Crippen molar-refractivity contribution in [2.24, 2.45) is 0 Å². The van der Waals surface area contributed by atoms with Crippen molar-refractivity contribution in [3.63, 3.8) is 0 Å². The summed E-state index contributed by atoms with van der Waals surface area (Å²) < 4.78 is 27.5. The molecule has 3 aromatic rings. The number of fused-ring (bicyclic) bond motifs is 1. The first-order valence-corrected chi connectivity index (χ1v) is 11.0. The molecule has 1 atom stereocenters. The lowest BCUT2D eigenvalue weighted by Crippen LogP contribution is -2.30. The van der Waals surface area contributed by atoms with Crippen molar-refractivity contribution in [1.29, 1.82) is 0 Å². The summed E-state index contributed by atoms with van der Waals surface area (Å²) in [5, 5.41) is 0.932. The van der Waals surface area contributed by atoms with Gasteiger partial charge in [-0.25, -0.2) is 18.1 Å². The Morgan fingerprint density at radius 1 is 1.22 bits per heavy atom. The highest BCUT2D eigenvalue weighted by molar-refractivity contribution is 7.89. The van der Waals surface area contributed by atoms with Crippen LogP contribution in [0.5, 0.6) is 0 Å². The molecular weight excluding hydrogens is 382 g/mol. The normalized spacial score (nSPS) is 17.5. The standard InChI is InChI=1S/C19H19N3O3S2/c1-20-27(24,25)14-7-4-6-13(12-14)19(23)22-11-5-9-16(22)18-21-15-8-2-3-10-17(15)26-18/h2-4,6-8,10,12,16,20H,5,9,11H2,1H3. The highest BCUT2D eigenvalue weighted by Gasteiger charge is 2.33. The smallest absolute Gasteiger partial charge is 0.254 e. The molecule has 1 N–H and O–H groups in total. The molecule has 8 heteroatoms. The summed E-state index contributed by atoms with van der Waals surface area (Å²) in [5.41, 5.74) is 1.32. The second-order valence-electron chi connectivity index (χ2n) is 6.41. The number of amides is 1. The number of nitrogens with zero attached hydrogens (tertiary/aromatic N) is 2. The summed E-state index contributed by atoms with van der Waals surface area (Å²) in [4.78, 5) is 19.7. The van der Waals surface area contributed by atoms with E-state index in [0.29, 0.717) is 12.1 Å². The number of aromatic nitrogens is 1. The van der Waals surface area contributed by atoms with Gasteiger partial charge >= 0.3 is 0 Å². The molecule has 27 heavy (non-hydrogen) atoms. The van der Waals surface area contributed by atoms with Crippen molar-refractivity contribution in [3.8, 4) is 0 Å². The number of thiazole rings is 1. The lowest BCUT2D eigenvalue weighted by molar-refractivity contribution is 0.0735. The monoisotopic (exact) mass is 401 g/mol. The van der Waals surface area contributed by atoms with Gasteiger partial charge in [0.2, 0.25) is 10.0 Å². The summed E-state index contributed by atoms with van der Waals surface area (Å²) in [5.74, 6) is -0.162. The fraction of sp³-hybridized carbons (Fsp3) is 0.263. The molecule has 4 rings (SSSR count).